The second kappa shape index (κ2) is 8.77. The van der Waals surface area contributed by atoms with E-state index in [9.17, 15) is 18.8 Å². The Morgan fingerprint density at radius 3 is 2.70 bits per heavy atom. The fourth-order valence-corrected chi connectivity index (χ4v) is 4.26. The van der Waals surface area contributed by atoms with E-state index in [-0.39, 0.29) is 23.6 Å². The summed E-state index contributed by atoms with van der Waals surface area (Å²) in [4.78, 5) is 37.9. The van der Waals surface area contributed by atoms with Gasteiger partial charge < -0.3 is 10.2 Å². The van der Waals surface area contributed by atoms with E-state index < -0.39 is 11.7 Å². The maximum Gasteiger partial charge on any atom is 0.267 e. The standard InChI is InChI=1S/C22H25FN4O3/c23-18-8-7-14(13-19-15-4-1-2-5-16(15)22(30)26-25-19)12-17(18)21(29)24-9-11-27-10-3-6-20(27)28/h7-8,12H,1-6,9-11,13H2,(H,24,29)(H,26,30). The van der Waals surface area contributed by atoms with Gasteiger partial charge in [-0.1, -0.05) is 6.07 Å². The molecule has 2 aromatic rings. The van der Waals surface area contributed by atoms with Gasteiger partial charge in [0.05, 0.1) is 11.3 Å². The van der Waals surface area contributed by atoms with E-state index >= 15 is 0 Å². The van der Waals surface area contributed by atoms with Crippen LogP contribution in [0.1, 0.15) is 58.4 Å². The third-order valence-corrected chi connectivity index (χ3v) is 5.87. The van der Waals surface area contributed by atoms with E-state index in [0.717, 1.165) is 54.5 Å². The Kier molecular flexibility index (Phi) is 5.92. The molecule has 0 saturated carbocycles. The van der Waals surface area contributed by atoms with E-state index in [4.69, 9.17) is 0 Å². The summed E-state index contributed by atoms with van der Waals surface area (Å²) >= 11 is 0. The van der Waals surface area contributed by atoms with Crippen LogP contribution in [-0.2, 0) is 24.1 Å². The fraction of sp³-hybridized carbons (Fsp3) is 0.455. The average molecular weight is 412 g/mol. The summed E-state index contributed by atoms with van der Waals surface area (Å²) in [6.07, 6.45) is 5.37. The molecule has 1 aliphatic carbocycles. The first-order valence-corrected chi connectivity index (χ1v) is 10.5. The molecule has 0 unspecified atom stereocenters. The second-order valence-corrected chi connectivity index (χ2v) is 7.89. The van der Waals surface area contributed by atoms with Gasteiger partial charge in [0.1, 0.15) is 5.82 Å². The number of carbonyl (C=O) groups excluding carboxylic acids is 2. The first-order chi connectivity index (χ1) is 14.5. The monoisotopic (exact) mass is 412 g/mol. The molecule has 1 aromatic carbocycles. The Morgan fingerprint density at radius 1 is 1.13 bits per heavy atom. The minimum atomic E-state index is -0.593. The van der Waals surface area contributed by atoms with Gasteiger partial charge in [-0.15, -0.1) is 0 Å². The number of hydrogen-bond donors (Lipinski definition) is 2. The number of hydrogen-bond acceptors (Lipinski definition) is 4. The van der Waals surface area contributed by atoms with Crippen molar-refractivity contribution in [3.63, 3.8) is 0 Å². The Bertz CT molecular complexity index is 1030. The Hall–Kier alpha value is -3.03. The lowest BCUT2D eigenvalue weighted by molar-refractivity contribution is -0.127. The van der Waals surface area contributed by atoms with Crippen molar-refractivity contribution in [2.24, 2.45) is 0 Å². The summed E-state index contributed by atoms with van der Waals surface area (Å²) in [5, 5.41) is 9.48. The predicted molar refractivity (Wildman–Crippen MR) is 109 cm³/mol. The molecule has 2 N–H and O–H groups in total. The highest BCUT2D eigenvalue weighted by Gasteiger charge is 2.21. The normalized spacial score (nSPS) is 15.9. The molecule has 1 aliphatic heterocycles. The van der Waals surface area contributed by atoms with Crippen molar-refractivity contribution in [2.45, 2.75) is 44.9 Å². The summed E-state index contributed by atoms with van der Waals surface area (Å²) < 4.78 is 14.3. The number of H-pyrrole nitrogens is 1. The molecule has 158 valence electrons. The largest absolute Gasteiger partial charge is 0.350 e. The van der Waals surface area contributed by atoms with Crippen LogP contribution < -0.4 is 10.9 Å². The number of benzene rings is 1. The van der Waals surface area contributed by atoms with Crippen LogP contribution in [0.15, 0.2) is 23.0 Å². The van der Waals surface area contributed by atoms with Gasteiger partial charge in [-0.2, -0.15) is 5.10 Å². The minimum absolute atomic E-state index is 0.0291. The number of halogens is 1. The molecule has 2 amide bonds. The van der Waals surface area contributed by atoms with Crippen LogP contribution in [0.2, 0.25) is 0 Å². The zero-order valence-corrected chi connectivity index (χ0v) is 16.8. The van der Waals surface area contributed by atoms with Crippen LogP contribution in [-0.4, -0.2) is 46.5 Å². The van der Waals surface area contributed by atoms with Gasteiger partial charge in [-0.05, 0) is 55.4 Å². The summed E-state index contributed by atoms with van der Waals surface area (Å²) in [6, 6.07) is 4.46. The molecule has 30 heavy (non-hydrogen) atoms. The van der Waals surface area contributed by atoms with Crippen molar-refractivity contribution in [3.05, 3.63) is 62.3 Å². The number of nitrogens with one attached hydrogen (secondary N) is 2. The molecule has 1 saturated heterocycles. The van der Waals surface area contributed by atoms with Gasteiger partial charge in [-0.3, -0.25) is 14.4 Å². The SMILES string of the molecule is O=C(NCCN1CCCC1=O)c1cc(Cc2n[nH]c(=O)c3c2CCCC3)ccc1F. The minimum Gasteiger partial charge on any atom is -0.350 e. The number of likely N-dealkylation sites (tertiary alicyclic amines) is 1. The zero-order valence-electron chi connectivity index (χ0n) is 16.8. The molecule has 2 heterocycles. The van der Waals surface area contributed by atoms with Gasteiger partial charge in [0.25, 0.3) is 11.5 Å². The van der Waals surface area contributed by atoms with Crippen molar-refractivity contribution in [3.8, 4) is 0 Å². The summed E-state index contributed by atoms with van der Waals surface area (Å²) in [5.74, 6) is -1.00. The Balaban J connectivity index is 1.46. The summed E-state index contributed by atoms with van der Waals surface area (Å²) in [7, 11) is 0. The molecule has 1 aromatic heterocycles. The Labute approximate surface area is 173 Å². The van der Waals surface area contributed by atoms with Gasteiger partial charge in [-0.25, -0.2) is 9.49 Å². The van der Waals surface area contributed by atoms with E-state index in [1.165, 1.54) is 12.1 Å². The van der Waals surface area contributed by atoms with Crippen molar-refractivity contribution in [1.82, 2.24) is 20.4 Å². The Morgan fingerprint density at radius 2 is 1.93 bits per heavy atom. The molecule has 0 radical (unpaired) electrons. The maximum absolute atomic E-state index is 14.3. The van der Waals surface area contributed by atoms with Gasteiger partial charge >= 0.3 is 0 Å². The number of carbonyl (C=O) groups is 2. The topological polar surface area (TPSA) is 95.2 Å². The lowest BCUT2D eigenvalue weighted by Gasteiger charge is -2.17. The second-order valence-electron chi connectivity index (χ2n) is 7.89. The van der Waals surface area contributed by atoms with Crippen molar-refractivity contribution in [2.75, 3.05) is 19.6 Å². The molecular formula is C22H25FN4O3. The van der Waals surface area contributed by atoms with Crippen LogP contribution >= 0.6 is 0 Å². The van der Waals surface area contributed by atoms with E-state index in [1.807, 2.05) is 0 Å². The van der Waals surface area contributed by atoms with E-state index in [2.05, 4.69) is 15.5 Å². The third kappa shape index (κ3) is 4.27. The molecule has 2 aliphatic rings. The fourth-order valence-electron chi connectivity index (χ4n) is 4.26. The number of amides is 2. The highest BCUT2D eigenvalue weighted by atomic mass is 19.1. The lowest BCUT2D eigenvalue weighted by atomic mass is 9.90. The van der Waals surface area contributed by atoms with Crippen LogP contribution in [0.25, 0.3) is 0 Å². The number of rotatable bonds is 6. The molecule has 1 fully saturated rings. The van der Waals surface area contributed by atoms with Crippen LogP contribution in [0.5, 0.6) is 0 Å². The van der Waals surface area contributed by atoms with Crippen LogP contribution in [0, 0.1) is 5.82 Å². The van der Waals surface area contributed by atoms with Gasteiger partial charge in [0, 0.05) is 38.0 Å². The molecular weight excluding hydrogens is 387 g/mol. The first-order valence-electron chi connectivity index (χ1n) is 10.5. The smallest absolute Gasteiger partial charge is 0.267 e. The zero-order chi connectivity index (χ0) is 21.1. The molecule has 0 bridgehead atoms. The number of fused-ring (bicyclic) bond motifs is 1. The predicted octanol–water partition coefficient (Wildman–Crippen LogP) is 1.73. The molecule has 8 heteroatoms. The van der Waals surface area contributed by atoms with Crippen molar-refractivity contribution < 1.29 is 14.0 Å². The average Bonchev–Trinajstić information content (AvgIpc) is 3.16. The van der Waals surface area contributed by atoms with Crippen LogP contribution in [0.3, 0.4) is 0 Å². The molecule has 0 atom stereocenters. The highest BCUT2D eigenvalue weighted by molar-refractivity contribution is 5.94. The van der Waals surface area contributed by atoms with E-state index in [1.54, 1.807) is 11.0 Å². The van der Waals surface area contributed by atoms with Crippen molar-refractivity contribution >= 4 is 11.8 Å². The summed E-state index contributed by atoms with van der Waals surface area (Å²) in [6.45, 7) is 1.41. The maximum atomic E-state index is 14.3. The molecule has 7 nitrogen and oxygen atoms in total. The highest BCUT2D eigenvalue weighted by Crippen LogP contribution is 2.22. The van der Waals surface area contributed by atoms with Crippen LogP contribution in [0.4, 0.5) is 4.39 Å². The number of aromatic amines is 1. The molecule has 4 rings (SSSR count). The van der Waals surface area contributed by atoms with Gasteiger partial charge in [0.2, 0.25) is 5.91 Å². The number of aromatic nitrogens is 2. The lowest BCUT2D eigenvalue weighted by Crippen LogP contribution is -2.35. The molecule has 0 spiro atoms. The number of nitrogens with zero attached hydrogens (tertiary/aromatic N) is 2. The quantitative estimate of drug-likeness (QED) is 0.755. The first kappa shape index (κ1) is 20.3. The van der Waals surface area contributed by atoms with Gasteiger partial charge in [0.15, 0.2) is 0 Å². The third-order valence-electron chi connectivity index (χ3n) is 5.87. The summed E-state index contributed by atoms with van der Waals surface area (Å²) in [5.41, 5.74) is 3.14. The van der Waals surface area contributed by atoms with E-state index in [0.29, 0.717) is 25.9 Å². The van der Waals surface area contributed by atoms with Crippen molar-refractivity contribution in [1.29, 1.82) is 0 Å².